The van der Waals surface area contributed by atoms with Gasteiger partial charge in [0.2, 0.25) is 5.91 Å². The Morgan fingerprint density at radius 1 is 1.25 bits per heavy atom. The van der Waals surface area contributed by atoms with E-state index in [4.69, 9.17) is 16.3 Å². The maximum absolute atomic E-state index is 12.2. The van der Waals surface area contributed by atoms with Gasteiger partial charge in [0.25, 0.3) is 0 Å². The number of ether oxygens (including phenoxy) is 1. The van der Waals surface area contributed by atoms with E-state index in [0.29, 0.717) is 36.2 Å². The Morgan fingerprint density at radius 2 is 2.10 bits per heavy atom. The van der Waals surface area contributed by atoms with Crippen LogP contribution in [0.4, 0.5) is 5.69 Å². The topological polar surface area (TPSA) is 55.3 Å². The second-order valence-corrected chi connectivity index (χ2v) is 4.76. The normalized spacial score (nSPS) is 14.4. The molecule has 0 saturated carbocycles. The summed E-state index contributed by atoms with van der Waals surface area (Å²) in [6, 6.07) is 7.48. The average molecular weight is 290 g/mol. The Hall–Kier alpha value is -2.14. The lowest BCUT2D eigenvalue weighted by Gasteiger charge is -2.21. The molecule has 0 aliphatic carbocycles. The van der Waals surface area contributed by atoms with Gasteiger partial charge in [-0.2, -0.15) is 0 Å². The molecule has 2 heterocycles. The van der Waals surface area contributed by atoms with Crippen molar-refractivity contribution in [3.63, 3.8) is 0 Å². The lowest BCUT2D eigenvalue weighted by Crippen LogP contribution is -2.30. The molecule has 1 amide bonds. The molecule has 1 aliphatic rings. The Balaban J connectivity index is 1.94. The van der Waals surface area contributed by atoms with E-state index in [1.165, 1.54) is 6.20 Å². The summed E-state index contributed by atoms with van der Waals surface area (Å²) in [6.45, 7) is 0.738. The van der Waals surface area contributed by atoms with Crippen molar-refractivity contribution in [2.75, 3.05) is 11.5 Å². The van der Waals surface area contributed by atoms with Crippen LogP contribution < -0.4 is 9.64 Å². The lowest BCUT2D eigenvalue weighted by molar-refractivity contribution is -0.118. The first-order valence-electron chi connectivity index (χ1n) is 6.22. The van der Waals surface area contributed by atoms with Crippen molar-refractivity contribution in [1.82, 2.24) is 9.97 Å². The number of aromatic nitrogens is 2. The van der Waals surface area contributed by atoms with Crippen LogP contribution in [0.15, 0.2) is 36.7 Å². The molecule has 0 N–H and O–H groups in total. The molecule has 1 aromatic heterocycles. The van der Waals surface area contributed by atoms with E-state index in [1.54, 1.807) is 11.1 Å². The van der Waals surface area contributed by atoms with Gasteiger partial charge in [0, 0.05) is 0 Å². The first kappa shape index (κ1) is 12.9. The number of para-hydroxylation sites is 2. The molecule has 3 rings (SSSR count). The SMILES string of the molecule is O=C1CCOc2ccccc2N1Cc1cnc(Cl)cn1. The van der Waals surface area contributed by atoms with E-state index >= 15 is 0 Å². The van der Waals surface area contributed by atoms with Crippen LogP contribution in [0.3, 0.4) is 0 Å². The van der Waals surface area contributed by atoms with Crippen molar-refractivity contribution in [2.45, 2.75) is 13.0 Å². The summed E-state index contributed by atoms with van der Waals surface area (Å²) in [5.41, 5.74) is 1.44. The van der Waals surface area contributed by atoms with Crippen LogP contribution in [-0.4, -0.2) is 22.5 Å². The number of rotatable bonds is 2. The van der Waals surface area contributed by atoms with Gasteiger partial charge in [0.15, 0.2) is 0 Å². The van der Waals surface area contributed by atoms with Crippen molar-refractivity contribution in [1.29, 1.82) is 0 Å². The minimum Gasteiger partial charge on any atom is -0.491 e. The lowest BCUT2D eigenvalue weighted by atomic mass is 10.2. The van der Waals surface area contributed by atoms with E-state index in [-0.39, 0.29) is 5.91 Å². The molecule has 2 aromatic rings. The molecule has 5 nitrogen and oxygen atoms in total. The van der Waals surface area contributed by atoms with Gasteiger partial charge in [-0.1, -0.05) is 23.7 Å². The van der Waals surface area contributed by atoms with Gasteiger partial charge in [-0.25, -0.2) is 4.98 Å². The third-order valence-corrected chi connectivity index (χ3v) is 3.22. The number of carbonyl (C=O) groups excluding carboxylic acids is 1. The van der Waals surface area contributed by atoms with Crippen LogP contribution in [0.25, 0.3) is 0 Å². The van der Waals surface area contributed by atoms with Crippen LogP contribution in [0.2, 0.25) is 5.15 Å². The summed E-state index contributed by atoms with van der Waals surface area (Å²) in [7, 11) is 0. The van der Waals surface area contributed by atoms with E-state index < -0.39 is 0 Å². The standard InChI is InChI=1S/C14H12ClN3O2/c15-13-8-16-10(7-17-13)9-18-11-3-1-2-4-12(11)20-6-5-14(18)19/h1-4,7-8H,5-6,9H2. The monoisotopic (exact) mass is 289 g/mol. The molecule has 102 valence electrons. The first-order valence-corrected chi connectivity index (χ1v) is 6.60. The largest absolute Gasteiger partial charge is 0.491 e. The summed E-state index contributed by atoms with van der Waals surface area (Å²) in [5, 5.41) is 0.333. The number of hydrogen-bond donors (Lipinski definition) is 0. The Morgan fingerprint density at radius 3 is 2.90 bits per heavy atom. The number of anilines is 1. The van der Waals surface area contributed by atoms with Crippen molar-refractivity contribution in [3.05, 3.63) is 47.5 Å². The highest BCUT2D eigenvalue weighted by molar-refractivity contribution is 6.29. The Bertz CT molecular complexity index is 631. The van der Waals surface area contributed by atoms with Crippen molar-refractivity contribution in [3.8, 4) is 5.75 Å². The fraction of sp³-hybridized carbons (Fsp3) is 0.214. The molecule has 0 saturated heterocycles. The van der Waals surface area contributed by atoms with Gasteiger partial charge in [0.05, 0.1) is 43.3 Å². The molecule has 1 aliphatic heterocycles. The third-order valence-electron chi connectivity index (χ3n) is 3.02. The summed E-state index contributed by atoms with van der Waals surface area (Å²) in [6.07, 6.45) is 3.39. The summed E-state index contributed by atoms with van der Waals surface area (Å²) < 4.78 is 5.59. The zero-order chi connectivity index (χ0) is 13.9. The summed E-state index contributed by atoms with van der Waals surface area (Å²) in [4.78, 5) is 22.1. The van der Waals surface area contributed by atoms with Crippen molar-refractivity contribution < 1.29 is 9.53 Å². The molecule has 1 aromatic carbocycles. The molecule has 6 heteroatoms. The zero-order valence-corrected chi connectivity index (χ0v) is 11.4. The van der Waals surface area contributed by atoms with Crippen molar-refractivity contribution >= 4 is 23.2 Å². The van der Waals surface area contributed by atoms with Crippen LogP contribution >= 0.6 is 11.6 Å². The minimum atomic E-state index is 0.00620. The molecule has 0 spiro atoms. The van der Waals surface area contributed by atoms with Gasteiger partial charge in [-0.05, 0) is 12.1 Å². The van der Waals surface area contributed by atoms with Crippen LogP contribution in [0, 0.1) is 0 Å². The molecular weight excluding hydrogens is 278 g/mol. The highest BCUT2D eigenvalue weighted by Crippen LogP contribution is 2.31. The molecule has 20 heavy (non-hydrogen) atoms. The Kier molecular flexibility index (Phi) is 3.52. The third kappa shape index (κ3) is 2.58. The number of halogens is 1. The predicted molar refractivity (Wildman–Crippen MR) is 74.8 cm³/mol. The number of amides is 1. The van der Waals surface area contributed by atoms with Gasteiger partial charge in [0.1, 0.15) is 10.9 Å². The van der Waals surface area contributed by atoms with Crippen LogP contribution in [0.1, 0.15) is 12.1 Å². The molecule has 0 fully saturated rings. The first-order chi connectivity index (χ1) is 9.74. The fourth-order valence-corrected chi connectivity index (χ4v) is 2.17. The molecular formula is C14H12ClN3O2. The second kappa shape index (κ2) is 5.46. The Labute approximate surface area is 121 Å². The molecule has 0 unspecified atom stereocenters. The highest BCUT2D eigenvalue weighted by atomic mass is 35.5. The van der Waals surface area contributed by atoms with Crippen LogP contribution in [-0.2, 0) is 11.3 Å². The molecule has 0 radical (unpaired) electrons. The van der Waals surface area contributed by atoms with E-state index in [2.05, 4.69) is 9.97 Å². The highest BCUT2D eigenvalue weighted by Gasteiger charge is 2.23. The zero-order valence-electron chi connectivity index (χ0n) is 10.6. The minimum absolute atomic E-state index is 0.00620. The number of nitrogens with zero attached hydrogens (tertiary/aromatic N) is 3. The van der Waals surface area contributed by atoms with Gasteiger partial charge >= 0.3 is 0 Å². The number of hydrogen-bond acceptors (Lipinski definition) is 4. The number of fused-ring (bicyclic) bond motifs is 1. The van der Waals surface area contributed by atoms with E-state index in [1.807, 2.05) is 24.3 Å². The van der Waals surface area contributed by atoms with E-state index in [9.17, 15) is 4.79 Å². The van der Waals surface area contributed by atoms with Gasteiger partial charge in [-0.15, -0.1) is 0 Å². The van der Waals surface area contributed by atoms with Crippen LogP contribution in [0.5, 0.6) is 5.75 Å². The smallest absolute Gasteiger partial charge is 0.230 e. The number of carbonyl (C=O) groups is 1. The second-order valence-electron chi connectivity index (χ2n) is 4.38. The maximum atomic E-state index is 12.2. The molecule has 0 atom stereocenters. The summed E-state index contributed by atoms with van der Waals surface area (Å²) >= 11 is 5.72. The van der Waals surface area contributed by atoms with E-state index in [0.717, 1.165) is 5.69 Å². The van der Waals surface area contributed by atoms with Gasteiger partial charge < -0.3 is 9.64 Å². The maximum Gasteiger partial charge on any atom is 0.230 e. The number of benzene rings is 1. The quantitative estimate of drug-likeness (QED) is 0.852. The van der Waals surface area contributed by atoms with Gasteiger partial charge in [-0.3, -0.25) is 9.78 Å². The van der Waals surface area contributed by atoms with Crippen molar-refractivity contribution in [2.24, 2.45) is 0 Å². The molecule has 0 bridgehead atoms. The summed E-state index contributed by atoms with van der Waals surface area (Å²) in [5.74, 6) is 0.715. The fourth-order valence-electron chi connectivity index (χ4n) is 2.08. The average Bonchev–Trinajstić information content (AvgIpc) is 2.62. The predicted octanol–water partition coefficient (Wildman–Crippen LogP) is 2.45.